The van der Waals surface area contributed by atoms with Crippen LogP contribution in [0, 0.1) is 10.1 Å². The fraction of sp³-hybridized carbons (Fsp3) is 0.176. The molecule has 0 bridgehead atoms. The smallest absolute Gasteiger partial charge is 0.300 e. The van der Waals surface area contributed by atoms with E-state index in [4.69, 9.17) is 0 Å². The molecule has 0 saturated carbocycles. The molecule has 2 amide bonds. The molecule has 1 aliphatic rings. The number of nitro benzene ring substituents is 1. The number of nitrogens with one attached hydrogen (secondary N) is 2. The molecule has 28 heavy (non-hydrogen) atoms. The van der Waals surface area contributed by atoms with Crippen LogP contribution in [0.5, 0.6) is 0 Å². The van der Waals surface area contributed by atoms with E-state index in [0.717, 1.165) is 0 Å². The molecular weight excluding hydrogens is 368 g/mol. The van der Waals surface area contributed by atoms with Crippen molar-refractivity contribution in [1.82, 2.24) is 20.5 Å². The summed E-state index contributed by atoms with van der Waals surface area (Å²) in [6, 6.07) is 2.74. The Morgan fingerprint density at radius 2 is 2.11 bits per heavy atom. The van der Waals surface area contributed by atoms with Gasteiger partial charge in [-0.3, -0.25) is 19.7 Å². The zero-order valence-electron chi connectivity index (χ0n) is 14.7. The molecule has 0 atom stereocenters. The lowest BCUT2D eigenvalue weighted by molar-refractivity contribution is -0.383. The second-order valence-corrected chi connectivity index (χ2v) is 5.76. The molecular formula is C17H16N6O5. The summed E-state index contributed by atoms with van der Waals surface area (Å²) < 4.78 is 4.59. The highest BCUT2D eigenvalue weighted by Gasteiger charge is 2.26. The number of carbonyl (C=O) groups excluding carboxylic acids is 2. The number of aromatic nitrogens is 2. The van der Waals surface area contributed by atoms with Gasteiger partial charge in [0.05, 0.1) is 22.0 Å². The molecule has 2 N–H and O–H groups in total. The SMILES string of the molecule is C=CC1=C(C=C)N(C(=O)CCNc2ccc([N+](=O)[O-])c3nonc23)CC(=O)N1. The van der Waals surface area contributed by atoms with E-state index in [2.05, 4.69) is 38.7 Å². The first kappa shape index (κ1) is 18.8. The minimum absolute atomic E-state index is 0.0153. The highest BCUT2D eigenvalue weighted by molar-refractivity contribution is 5.94. The van der Waals surface area contributed by atoms with Gasteiger partial charge in [0.25, 0.3) is 0 Å². The van der Waals surface area contributed by atoms with Gasteiger partial charge in [0.15, 0.2) is 5.52 Å². The Bertz CT molecular complexity index is 1020. The van der Waals surface area contributed by atoms with Crippen LogP contribution in [-0.2, 0) is 9.59 Å². The zero-order chi connectivity index (χ0) is 20.3. The van der Waals surface area contributed by atoms with Gasteiger partial charge in [-0.2, -0.15) is 0 Å². The lowest BCUT2D eigenvalue weighted by Crippen LogP contribution is -2.45. The maximum absolute atomic E-state index is 12.6. The third-order valence-corrected chi connectivity index (χ3v) is 4.09. The highest BCUT2D eigenvalue weighted by atomic mass is 16.6. The van der Waals surface area contributed by atoms with Gasteiger partial charge >= 0.3 is 5.69 Å². The average molecular weight is 384 g/mol. The third-order valence-electron chi connectivity index (χ3n) is 4.09. The van der Waals surface area contributed by atoms with Crippen LogP contribution in [0.25, 0.3) is 11.0 Å². The zero-order valence-corrected chi connectivity index (χ0v) is 14.7. The van der Waals surface area contributed by atoms with Crippen molar-refractivity contribution in [3.8, 4) is 0 Å². The summed E-state index contributed by atoms with van der Waals surface area (Å²) in [5.74, 6) is -0.624. The molecule has 0 radical (unpaired) electrons. The van der Waals surface area contributed by atoms with Crippen LogP contribution < -0.4 is 10.6 Å². The Labute approximate surface area is 158 Å². The minimum Gasteiger partial charge on any atom is -0.383 e. The van der Waals surface area contributed by atoms with Crippen molar-refractivity contribution >= 4 is 34.2 Å². The van der Waals surface area contributed by atoms with E-state index < -0.39 is 4.92 Å². The number of nitro groups is 1. The lowest BCUT2D eigenvalue weighted by Gasteiger charge is -2.29. The van der Waals surface area contributed by atoms with E-state index in [1.54, 1.807) is 0 Å². The van der Waals surface area contributed by atoms with E-state index >= 15 is 0 Å². The van der Waals surface area contributed by atoms with Gasteiger partial charge in [-0.15, -0.1) is 0 Å². The number of allylic oxidation sites excluding steroid dienone is 2. The van der Waals surface area contributed by atoms with Crippen LogP contribution in [-0.4, -0.2) is 45.0 Å². The summed E-state index contributed by atoms with van der Waals surface area (Å²) >= 11 is 0. The van der Waals surface area contributed by atoms with E-state index in [1.165, 1.54) is 29.2 Å². The second kappa shape index (κ2) is 7.70. The Balaban J connectivity index is 1.72. The van der Waals surface area contributed by atoms with Gasteiger partial charge < -0.3 is 15.5 Å². The largest absolute Gasteiger partial charge is 0.383 e. The number of fused-ring (bicyclic) bond motifs is 1. The molecule has 2 heterocycles. The molecule has 3 rings (SSSR count). The normalized spacial score (nSPS) is 14.0. The van der Waals surface area contributed by atoms with Crippen molar-refractivity contribution in [2.45, 2.75) is 6.42 Å². The van der Waals surface area contributed by atoms with E-state index in [9.17, 15) is 19.7 Å². The van der Waals surface area contributed by atoms with Crippen LogP contribution in [0.15, 0.2) is 53.5 Å². The summed E-state index contributed by atoms with van der Waals surface area (Å²) in [5.41, 5.74) is 1.31. The number of amides is 2. The molecule has 144 valence electrons. The van der Waals surface area contributed by atoms with Crippen molar-refractivity contribution < 1.29 is 19.1 Å². The fourth-order valence-corrected chi connectivity index (χ4v) is 2.81. The van der Waals surface area contributed by atoms with Crippen LogP contribution in [0.4, 0.5) is 11.4 Å². The molecule has 1 aliphatic heterocycles. The van der Waals surface area contributed by atoms with E-state index in [1.807, 2.05) is 0 Å². The summed E-state index contributed by atoms with van der Waals surface area (Å²) in [6.07, 6.45) is 2.97. The predicted molar refractivity (Wildman–Crippen MR) is 98.8 cm³/mol. The van der Waals surface area contributed by atoms with Crippen molar-refractivity contribution in [3.63, 3.8) is 0 Å². The molecule has 0 fully saturated rings. The molecule has 1 aromatic heterocycles. The van der Waals surface area contributed by atoms with Gasteiger partial charge in [0.2, 0.25) is 17.3 Å². The standard InChI is InChI=1S/C17H16N6O5/c1-3-10-12(4-2)22(9-14(24)19-10)15(25)7-8-18-11-5-6-13(23(26)27)17-16(11)20-28-21-17/h3-6,18H,1-2,7-9H2,(H,19,24). The summed E-state index contributed by atoms with van der Waals surface area (Å²) in [5, 5.41) is 23.8. The van der Waals surface area contributed by atoms with Gasteiger partial charge in [-0.05, 0) is 28.5 Å². The number of hydrogen-bond donors (Lipinski definition) is 2. The Morgan fingerprint density at radius 1 is 1.36 bits per heavy atom. The lowest BCUT2D eigenvalue weighted by atomic mass is 10.2. The molecule has 0 spiro atoms. The highest BCUT2D eigenvalue weighted by Crippen LogP contribution is 2.28. The van der Waals surface area contributed by atoms with Crippen LogP contribution in [0.2, 0.25) is 0 Å². The second-order valence-electron chi connectivity index (χ2n) is 5.76. The van der Waals surface area contributed by atoms with Crippen molar-refractivity contribution in [2.75, 3.05) is 18.4 Å². The summed E-state index contributed by atoms with van der Waals surface area (Å²) in [4.78, 5) is 36.1. The number of rotatable bonds is 7. The fourth-order valence-electron chi connectivity index (χ4n) is 2.81. The molecule has 11 nitrogen and oxygen atoms in total. The number of hydrogen-bond acceptors (Lipinski definition) is 8. The molecule has 1 aromatic carbocycles. The van der Waals surface area contributed by atoms with Crippen LogP contribution >= 0.6 is 0 Å². The summed E-state index contributed by atoms with van der Waals surface area (Å²) in [7, 11) is 0. The van der Waals surface area contributed by atoms with Gasteiger partial charge in [0, 0.05) is 19.0 Å². The number of anilines is 1. The van der Waals surface area contributed by atoms with Crippen molar-refractivity contribution in [1.29, 1.82) is 0 Å². The van der Waals surface area contributed by atoms with E-state index in [0.29, 0.717) is 17.1 Å². The summed E-state index contributed by atoms with van der Waals surface area (Å²) in [6.45, 7) is 7.37. The van der Waals surface area contributed by atoms with Gasteiger partial charge in [-0.25, -0.2) is 4.63 Å². The van der Waals surface area contributed by atoms with E-state index in [-0.39, 0.29) is 48.0 Å². The third kappa shape index (κ3) is 3.45. The molecule has 11 heteroatoms. The first-order valence-electron chi connectivity index (χ1n) is 8.19. The topological polar surface area (TPSA) is 144 Å². The predicted octanol–water partition coefficient (Wildman–Crippen LogP) is 1.47. The van der Waals surface area contributed by atoms with Gasteiger partial charge in [-0.1, -0.05) is 13.2 Å². The number of carbonyl (C=O) groups is 2. The number of non-ortho nitro benzene ring substituents is 1. The monoisotopic (exact) mass is 384 g/mol. The van der Waals surface area contributed by atoms with Crippen molar-refractivity contribution in [2.24, 2.45) is 0 Å². The Morgan fingerprint density at radius 3 is 2.79 bits per heavy atom. The minimum atomic E-state index is -0.582. The Kier molecular flexibility index (Phi) is 5.16. The molecule has 0 aliphatic carbocycles. The van der Waals surface area contributed by atoms with Crippen molar-refractivity contribution in [3.05, 3.63) is 59.0 Å². The number of nitrogens with zero attached hydrogens (tertiary/aromatic N) is 4. The Hall–Kier alpha value is -4.02. The average Bonchev–Trinajstić information content (AvgIpc) is 3.16. The maximum atomic E-state index is 12.6. The van der Waals surface area contributed by atoms with Crippen LogP contribution in [0.1, 0.15) is 6.42 Å². The molecule has 0 unspecified atom stereocenters. The first-order valence-corrected chi connectivity index (χ1v) is 8.19. The molecule has 0 saturated heterocycles. The maximum Gasteiger partial charge on any atom is 0.300 e. The molecule has 2 aromatic rings. The quantitative estimate of drug-likeness (QED) is 0.539. The van der Waals surface area contributed by atoms with Crippen LogP contribution in [0.3, 0.4) is 0 Å². The van der Waals surface area contributed by atoms with Gasteiger partial charge in [0.1, 0.15) is 6.54 Å². The number of benzene rings is 1. The first-order chi connectivity index (χ1) is 13.5.